The Balaban J connectivity index is 1.86. The predicted molar refractivity (Wildman–Crippen MR) is 101 cm³/mol. The van der Waals surface area contributed by atoms with Crippen LogP contribution in [0, 0.1) is 11.3 Å². The SMILES string of the molecule is [2H]C([2H])([2H])n1ncc2c(c1=O)SC(SCc1ccc(Br)cc1C#N)=NN2C. The molecule has 0 saturated carbocycles. The summed E-state index contributed by atoms with van der Waals surface area (Å²) in [6, 6.07) is 7.61. The Bertz CT molecular complexity index is 1030. The second kappa shape index (κ2) is 7.01. The Morgan fingerprint density at radius 1 is 1.54 bits per heavy atom. The van der Waals surface area contributed by atoms with Gasteiger partial charge in [-0.15, -0.1) is 0 Å². The van der Waals surface area contributed by atoms with Crippen LogP contribution in [0.15, 0.2) is 43.7 Å². The van der Waals surface area contributed by atoms with E-state index < -0.39 is 12.5 Å². The first-order chi connectivity index (χ1) is 12.7. The number of thioether (sulfide) groups is 2. The number of aryl methyl sites for hydroxylation is 1. The van der Waals surface area contributed by atoms with Crippen molar-refractivity contribution < 1.29 is 4.11 Å². The van der Waals surface area contributed by atoms with Crippen molar-refractivity contribution >= 4 is 49.5 Å². The zero-order chi connectivity index (χ0) is 19.8. The highest BCUT2D eigenvalue weighted by atomic mass is 79.9. The minimum absolute atomic E-state index is 0.262. The molecule has 0 aliphatic carbocycles. The van der Waals surface area contributed by atoms with E-state index in [0.29, 0.717) is 26.1 Å². The van der Waals surface area contributed by atoms with Crippen LogP contribution in [0.2, 0.25) is 0 Å². The minimum Gasteiger partial charge on any atom is -0.266 e. The first kappa shape index (κ1) is 13.5. The fourth-order valence-electron chi connectivity index (χ4n) is 2.02. The third kappa shape index (κ3) is 3.36. The highest BCUT2D eigenvalue weighted by Gasteiger charge is 2.22. The van der Waals surface area contributed by atoms with E-state index in [2.05, 4.69) is 32.2 Å². The number of rotatable bonds is 2. The van der Waals surface area contributed by atoms with Crippen LogP contribution in [0.5, 0.6) is 0 Å². The molecule has 1 aromatic carbocycles. The molecule has 0 saturated heterocycles. The van der Waals surface area contributed by atoms with Crippen molar-refractivity contribution in [1.29, 1.82) is 5.26 Å². The Labute approximate surface area is 159 Å². The standard InChI is InChI=1S/C15H12BrN5OS2/c1-20-12-7-18-21(2)14(22)13(12)24-15(19-20)23-8-9-3-4-11(16)5-10(9)6-17/h3-5,7H,8H2,1-2H3/i2D3. The molecule has 9 heteroatoms. The van der Waals surface area contributed by atoms with E-state index in [4.69, 9.17) is 4.11 Å². The average molecular weight is 425 g/mol. The van der Waals surface area contributed by atoms with E-state index in [-0.39, 0.29) is 4.90 Å². The molecule has 0 fully saturated rings. The first-order valence-corrected chi connectivity index (χ1v) is 9.24. The number of aromatic nitrogens is 2. The molecule has 24 heavy (non-hydrogen) atoms. The van der Waals surface area contributed by atoms with Crippen molar-refractivity contribution in [2.75, 3.05) is 12.1 Å². The molecular formula is C15H12BrN5OS2. The van der Waals surface area contributed by atoms with Gasteiger partial charge in [-0.3, -0.25) is 9.80 Å². The van der Waals surface area contributed by atoms with E-state index in [1.54, 1.807) is 13.1 Å². The van der Waals surface area contributed by atoms with Crippen LogP contribution in [-0.2, 0) is 12.7 Å². The van der Waals surface area contributed by atoms with Crippen molar-refractivity contribution in [3.8, 4) is 6.07 Å². The molecule has 2 aromatic rings. The molecular weight excluding hydrogens is 410 g/mol. The first-order valence-electron chi connectivity index (χ1n) is 8.15. The zero-order valence-corrected chi connectivity index (χ0v) is 15.6. The molecule has 0 N–H and O–H groups in total. The van der Waals surface area contributed by atoms with Crippen LogP contribution in [-0.4, -0.2) is 21.2 Å². The summed E-state index contributed by atoms with van der Waals surface area (Å²) >= 11 is 5.82. The summed E-state index contributed by atoms with van der Waals surface area (Å²) in [5, 5.41) is 18.9. The van der Waals surface area contributed by atoms with E-state index >= 15 is 0 Å². The van der Waals surface area contributed by atoms with Crippen LogP contribution in [0.3, 0.4) is 0 Å². The van der Waals surface area contributed by atoms with Gasteiger partial charge >= 0.3 is 0 Å². The van der Waals surface area contributed by atoms with Crippen molar-refractivity contribution in [1.82, 2.24) is 9.78 Å². The summed E-state index contributed by atoms with van der Waals surface area (Å²) in [6.45, 7) is -2.65. The number of nitrogens with zero attached hydrogens (tertiary/aromatic N) is 5. The van der Waals surface area contributed by atoms with Gasteiger partial charge in [-0.1, -0.05) is 45.5 Å². The second-order valence-electron chi connectivity index (χ2n) is 4.77. The number of hydrazone groups is 1. The zero-order valence-electron chi connectivity index (χ0n) is 15.4. The summed E-state index contributed by atoms with van der Waals surface area (Å²) < 4.78 is 24.2. The summed E-state index contributed by atoms with van der Waals surface area (Å²) in [5.74, 6) is 0.490. The third-order valence-corrected chi connectivity index (χ3v) is 5.95. The largest absolute Gasteiger partial charge is 0.282 e. The van der Waals surface area contributed by atoms with E-state index in [1.165, 1.54) is 23.0 Å². The van der Waals surface area contributed by atoms with Crippen LogP contribution in [0.4, 0.5) is 5.69 Å². The molecule has 0 amide bonds. The molecule has 0 atom stereocenters. The van der Waals surface area contributed by atoms with Crippen LogP contribution in [0.25, 0.3) is 0 Å². The molecule has 6 nitrogen and oxygen atoms in total. The molecule has 2 heterocycles. The normalized spacial score (nSPS) is 15.6. The Morgan fingerprint density at radius 2 is 2.38 bits per heavy atom. The highest BCUT2D eigenvalue weighted by molar-refractivity contribution is 9.10. The smallest absolute Gasteiger partial charge is 0.266 e. The molecule has 1 aromatic heterocycles. The van der Waals surface area contributed by atoms with Crippen LogP contribution >= 0.6 is 39.5 Å². The summed E-state index contributed by atoms with van der Waals surface area (Å²) in [6.07, 6.45) is 1.32. The number of anilines is 1. The number of benzene rings is 1. The van der Waals surface area contributed by atoms with Gasteiger partial charge in [0.25, 0.3) is 5.56 Å². The predicted octanol–water partition coefficient (Wildman–Crippen LogP) is 3.16. The van der Waals surface area contributed by atoms with Gasteiger partial charge in [-0.05, 0) is 17.7 Å². The van der Waals surface area contributed by atoms with Gasteiger partial charge in [0.2, 0.25) is 0 Å². The number of halogens is 1. The highest BCUT2D eigenvalue weighted by Crippen LogP contribution is 2.36. The molecule has 0 unspecified atom stereocenters. The van der Waals surface area contributed by atoms with Crippen LogP contribution < -0.4 is 10.6 Å². The van der Waals surface area contributed by atoms with E-state index in [1.807, 2.05) is 12.1 Å². The lowest BCUT2D eigenvalue weighted by Crippen LogP contribution is -2.27. The summed E-state index contributed by atoms with van der Waals surface area (Å²) in [4.78, 5) is 12.8. The molecule has 1 aliphatic heterocycles. The van der Waals surface area contributed by atoms with Gasteiger partial charge in [-0.25, -0.2) is 4.68 Å². The average Bonchev–Trinajstić information content (AvgIpc) is 2.60. The lowest BCUT2D eigenvalue weighted by molar-refractivity contribution is 0.684. The quantitative estimate of drug-likeness (QED) is 0.736. The molecule has 122 valence electrons. The fraction of sp³-hybridized carbons (Fsp3) is 0.200. The van der Waals surface area contributed by atoms with Crippen molar-refractivity contribution in [2.45, 2.75) is 10.6 Å². The topological polar surface area (TPSA) is 74.3 Å². The van der Waals surface area contributed by atoms with Gasteiger partial charge in [0.1, 0.15) is 4.90 Å². The maximum Gasteiger partial charge on any atom is 0.282 e. The third-order valence-electron chi connectivity index (χ3n) is 3.23. The number of hydrogen-bond donors (Lipinski definition) is 0. The Hall–Kier alpha value is -1.76. The van der Waals surface area contributed by atoms with E-state index in [0.717, 1.165) is 21.8 Å². The molecule has 0 radical (unpaired) electrons. The summed E-state index contributed by atoms with van der Waals surface area (Å²) in [5.41, 5.74) is 1.17. The number of hydrogen-bond acceptors (Lipinski definition) is 7. The molecule has 0 bridgehead atoms. The molecule has 3 rings (SSSR count). The van der Waals surface area contributed by atoms with Gasteiger partial charge in [0, 0.05) is 28.4 Å². The summed E-state index contributed by atoms with van der Waals surface area (Å²) in [7, 11) is 1.67. The second-order valence-corrected chi connectivity index (χ2v) is 7.91. The van der Waals surface area contributed by atoms with Gasteiger partial charge in [0.15, 0.2) is 4.38 Å². The van der Waals surface area contributed by atoms with Crippen LogP contribution in [0.1, 0.15) is 15.2 Å². The van der Waals surface area contributed by atoms with Crippen molar-refractivity contribution in [2.24, 2.45) is 12.1 Å². The molecule has 1 aliphatic rings. The number of fused-ring (bicyclic) bond motifs is 1. The molecule has 0 spiro atoms. The van der Waals surface area contributed by atoms with E-state index in [9.17, 15) is 10.1 Å². The van der Waals surface area contributed by atoms with Gasteiger partial charge in [-0.2, -0.15) is 15.5 Å². The minimum atomic E-state index is -2.65. The Morgan fingerprint density at radius 3 is 3.12 bits per heavy atom. The Kier molecular flexibility index (Phi) is 3.95. The van der Waals surface area contributed by atoms with Gasteiger partial charge < -0.3 is 0 Å². The van der Waals surface area contributed by atoms with Gasteiger partial charge in [0.05, 0.1) is 23.5 Å². The monoisotopic (exact) mass is 424 g/mol. The van der Waals surface area contributed by atoms with Crippen molar-refractivity contribution in [3.63, 3.8) is 0 Å². The lowest BCUT2D eigenvalue weighted by Gasteiger charge is -2.22. The lowest BCUT2D eigenvalue weighted by atomic mass is 10.1. The van der Waals surface area contributed by atoms with Crippen molar-refractivity contribution in [3.05, 3.63) is 50.3 Å². The fourth-order valence-corrected chi connectivity index (χ4v) is 4.55. The number of nitriles is 1. The maximum atomic E-state index is 12.5. The maximum absolute atomic E-state index is 12.5.